The van der Waals surface area contributed by atoms with Gasteiger partial charge in [-0.1, -0.05) is 6.92 Å². The van der Waals surface area contributed by atoms with Gasteiger partial charge in [-0.3, -0.25) is 4.79 Å². The largest absolute Gasteiger partial charge is 0.481 e. The maximum absolute atomic E-state index is 13.8. The third kappa shape index (κ3) is 4.49. The van der Waals surface area contributed by atoms with Crippen LogP contribution in [0.15, 0.2) is 23.1 Å². The van der Waals surface area contributed by atoms with Gasteiger partial charge in [0.25, 0.3) is 0 Å². The van der Waals surface area contributed by atoms with Gasteiger partial charge >= 0.3 is 5.97 Å². The van der Waals surface area contributed by atoms with E-state index in [0.717, 1.165) is 10.4 Å². The number of carboxylic acid groups (broad SMARTS) is 1. The van der Waals surface area contributed by atoms with Crippen molar-refractivity contribution in [2.75, 3.05) is 20.2 Å². The first kappa shape index (κ1) is 17.8. The summed E-state index contributed by atoms with van der Waals surface area (Å²) < 4.78 is 44.9. The molecule has 0 bridgehead atoms. The van der Waals surface area contributed by atoms with Crippen LogP contribution in [0, 0.1) is 11.7 Å². The number of rotatable bonds is 8. The minimum Gasteiger partial charge on any atom is -0.481 e. The van der Waals surface area contributed by atoms with Crippen molar-refractivity contribution in [1.82, 2.24) is 4.31 Å². The molecule has 2 atom stereocenters. The van der Waals surface area contributed by atoms with Crippen molar-refractivity contribution in [3.63, 3.8) is 0 Å². The molecule has 0 spiro atoms. The van der Waals surface area contributed by atoms with Gasteiger partial charge in [-0.25, -0.2) is 12.8 Å². The van der Waals surface area contributed by atoms with E-state index in [1.807, 2.05) is 0 Å². The first-order valence-electron chi connectivity index (χ1n) is 7.34. The Morgan fingerprint density at radius 2 is 2.13 bits per heavy atom. The highest BCUT2D eigenvalue weighted by molar-refractivity contribution is 7.89. The second kappa shape index (κ2) is 6.94. The summed E-state index contributed by atoms with van der Waals surface area (Å²) in [5.74, 6) is -2.36. The second-order valence-corrected chi connectivity index (χ2v) is 7.73. The van der Waals surface area contributed by atoms with Crippen LogP contribution in [0.1, 0.15) is 18.9 Å². The number of nitrogens with zero attached hydrogens (tertiary/aromatic N) is 1. The van der Waals surface area contributed by atoms with Crippen LogP contribution in [-0.2, 0) is 26.0 Å². The van der Waals surface area contributed by atoms with Crippen LogP contribution in [0.2, 0.25) is 0 Å². The quantitative estimate of drug-likeness (QED) is 0.722. The third-order valence-corrected chi connectivity index (χ3v) is 5.63. The number of hydrogen-bond donors (Lipinski definition) is 1. The molecule has 1 unspecified atom stereocenters. The summed E-state index contributed by atoms with van der Waals surface area (Å²) in [4.78, 5) is 10.9. The van der Waals surface area contributed by atoms with Crippen LogP contribution in [0.4, 0.5) is 4.39 Å². The minimum atomic E-state index is -3.84. The smallest absolute Gasteiger partial charge is 0.306 e. The minimum absolute atomic E-state index is 0.0849. The highest BCUT2D eigenvalue weighted by Gasteiger charge is 2.30. The number of benzene rings is 1. The number of epoxide rings is 1. The Kier molecular flexibility index (Phi) is 5.38. The molecule has 2 rings (SSSR count). The predicted octanol–water partition coefficient (Wildman–Crippen LogP) is 1.50. The molecule has 1 saturated heterocycles. The monoisotopic (exact) mass is 345 g/mol. The van der Waals surface area contributed by atoms with E-state index in [4.69, 9.17) is 9.84 Å². The first-order valence-corrected chi connectivity index (χ1v) is 8.78. The third-order valence-electron chi connectivity index (χ3n) is 3.83. The number of hydrogen-bond acceptors (Lipinski definition) is 4. The van der Waals surface area contributed by atoms with E-state index in [-0.39, 0.29) is 24.0 Å². The zero-order chi connectivity index (χ0) is 17.2. The van der Waals surface area contributed by atoms with Crippen LogP contribution in [0.3, 0.4) is 0 Å². The molecule has 0 amide bonds. The number of aliphatic carboxylic acids is 1. The number of sulfonamides is 1. The molecule has 8 heteroatoms. The van der Waals surface area contributed by atoms with E-state index >= 15 is 0 Å². The Morgan fingerprint density at radius 3 is 2.65 bits per heavy atom. The van der Waals surface area contributed by atoms with E-state index in [1.54, 1.807) is 6.92 Å². The number of carboxylic acids is 1. The Bertz CT molecular complexity index is 687. The van der Waals surface area contributed by atoms with Crippen molar-refractivity contribution in [2.24, 2.45) is 5.92 Å². The summed E-state index contributed by atoms with van der Waals surface area (Å²) in [5.41, 5.74) is 0.355. The molecular formula is C15H20FNO5S. The molecular weight excluding hydrogens is 325 g/mol. The molecule has 128 valence electrons. The SMILES string of the molecule is CC[C@@H](Cc1cc(F)cc(S(=O)(=O)N(C)CC2CO2)c1)C(=O)O. The normalized spacial score (nSPS) is 18.9. The Balaban J connectivity index is 2.26. The molecule has 1 N–H and O–H groups in total. The summed E-state index contributed by atoms with van der Waals surface area (Å²) in [6.07, 6.45) is 0.355. The molecule has 1 aromatic carbocycles. The molecule has 1 aromatic rings. The van der Waals surface area contributed by atoms with Crippen LogP contribution >= 0.6 is 0 Å². The number of halogens is 1. The average molecular weight is 345 g/mol. The van der Waals surface area contributed by atoms with Gasteiger partial charge < -0.3 is 9.84 Å². The summed E-state index contributed by atoms with van der Waals surface area (Å²) in [6, 6.07) is 3.47. The first-order chi connectivity index (χ1) is 10.7. The fourth-order valence-corrected chi connectivity index (χ4v) is 3.60. The molecule has 1 aliphatic rings. The fraction of sp³-hybridized carbons (Fsp3) is 0.533. The van der Waals surface area contributed by atoms with Gasteiger partial charge in [-0.05, 0) is 36.6 Å². The predicted molar refractivity (Wildman–Crippen MR) is 81.1 cm³/mol. The zero-order valence-electron chi connectivity index (χ0n) is 13.0. The lowest BCUT2D eigenvalue weighted by Crippen LogP contribution is -2.30. The zero-order valence-corrected chi connectivity index (χ0v) is 13.8. The molecule has 0 aliphatic carbocycles. The van der Waals surface area contributed by atoms with E-state index in [0.29, 0.717) is 18.6 Å². The average Bonchev–Trinajstić information content (AvgIpc) is 3.27. The molecule has 23 heavy (non-hydrogen) atoms. The summed E-state index contributed by atoms with van der Waals surface area (Å²) >= 11 is 0. The van der Waals surface area contributed by atoms with Crippen LogP contribution in [0.25, 0.3) is 0 Å². The van der Waals surface area contributed by atoms with Crippen molar-refractivity contribution in [3.8, 4) is 0 Å². The lowest BCUT2D eigenvalue weighted by atomic mass is 9.97. The maximum atomic E-state index is 13.8. The van der Waals surface area contributed by atoms with Crippen LogP contribution in [-0.4, -0.2) is 50.1 Å². The summed E-state index contributed by atoms with van der Waals surface area (Å²) in [5, 5.41) is 9.09. The Labute approximate surface area is 134 Å². The molecule has 1 heterocycles. The molecule has 0 radical (unpaired) electrons. The van der Waals surface area contributed by atoms with Gasteiger partial charge in [0.05, 0.1) is 23.5 Å². The van der Waals surface area contributed by atoms with Crippen molar-refractivity contribution in [2.45, 2.75) is 30.8 Å². The van der Waals surface area contributed by atoms with Gasteiger partial charge in [0.2, 0.25) is 10.0 Å². The van der Waals surface area contributed by atoms with Gasteiger partial charge in [0, 0.05) is 13.6 Å². The van der Waals surface area contributed by atoms with Crippen molar-refractivity contribution in [3.05, 3.63) is 29.6 Å². The highest BCUT2D eigenvalue weighted by atomic mass is 32.2. The Hall–Kier alpha value is -1.51. The molecule has 1 aliphatic heterocycles. The van der Waals surface area contributed by atoms with Crippen LogP contribution < -0.4 is 0 Å². The molecule has 0 saturated carbocycles. The standard InChI is InChI=1S/C15H20FNO5S/c1-3-11(15(18)19)4-10-5-12(16)7-14(6-10)23(20,21)17(2)8-13-9-22-13/h5-7,11,13H,3-4,8-9H2,1-2H3,(H,18,19)/t11-,13?/m0/s1. The lowest BCUT2D eigenvalue weighted by molar-refractivity contribution is -0.141. The van der Waals surface area contributed by atoms with E-state index in [2.05, 4.69) is 0 Å². The topological polar surface area (TPSA) is 87.2 Å². The van der Waals surface area contributed by atoms with Crippen LogP contribution in [0.5, 0.6) is 0 Å². The molecule has 6 nitrogen and oxygen atoms in total. The number of ether oxygens (including phenoxy) is 1. The van der Waals surface area contributed by atoms with Crippen molar-refractivity contribution >= 4 is 16.0 Å². The van der Waals surface area contributed by atoms with E-state index in [9.17, 15) is 17.6 Å². The van der Waals surface area contributed by atoms with Crippen molar-refractivity contribution in [1.29, 1.82) is 0 Å². The van der Waals surface area contributed by atoms with Crippen molar-refractivity contribution < 1.29 is 27.4 Å². The summed E-state index contributed by atoms with van der Waals surface area (Å²) in [7, 11) is -2.43. The number of carbonyl (C=O) groups is 1. The lowest BCUT2D eigenvalue weighted by Gasteiger charge is -2.17. The molecule has 0 aromatic heterocycles. The van der Waals surface area contributed by atoms with Gasteiger partial charge in [-0.2, -0.15) is 4.31 Å². The fourth-order valence-electron chi connectivity index (χ4n) is 2.32. The van der Waals surface area contributed by atoms with E-state index < -0.39 is 27.7 Å². The number of likely N-dealkylation sites (N-methyl/N-ethyl adjacent to an activating group) is 1. The molecule has 1 fully saturated rings. The van der Waals surface area contributed by atoms with Gasteiger partial charge in [0.15, 0.2) is 0 Å². The van der Waals surface area contributed by atoms with Gasteiger partial charge in [0.1, 0.15) is 5.82 Å². The Morgan fingerprint density at radius 1 is 1.48 bits per heavy atom. The maximum Gasteiger partial charge on any atom is 0.306 e. The van der Waals surface area contributed by atoms with Gasteiger partial charge in [-0.15, -0.1) is 0 Å². The van der Waals surface area contributed by atoms with E-state index in [1.165, 1.54) is 19.2 Å². The second-order valence-electron chi connectivity index (χ2n) is 5.68. The highest BCUT2D eigenvalue weighted by Crippen LogP contribution is 2.22. The summed E-state index contributed by atoms with van der Waals surface area (Å²) in [6.45, 7) is 2.45.